The second kappa shape index (κ2) is 5.25. The number of hydrogen-bond donors (Lipinski definition) is 1. The molecule has 2 nitrogen and oxygen atoms in total. The van der Waals surface area contributed by atoms with Crippen LogP contribution in [0.3, 0.4) is 0 Å². The number of fused-ring (bicyclic) bond motifs is 1. The first-order chi connectivity index (χ1) is 9.65. The van der Waals surface area contributed by atoms with Gasteiger partial charge in [-0.1, -0.05) is 24.3 Å². The Balaban J connectivity index is 1.83. The van der Waals surface area contributed by atoms with E-state index in [2.05, 4.69) is 17.9 Å². The quantitative estimate of drug-likeness (QED) is 0.846. The number of hydrogen-bond acceptors (Lipinski definition) is 2. The Morgan fingerprint density at radius 3 is 2.80 bits per heavy atom. The lowest BCUT2D eigenvalue weighted by atomic mass is 9.95. The fraction of sp³-hybridized carbons (Fsp3) is 0.294. The van der Waals surface area contributed by atoms with Gasteiger partial charge in [0.1, 0.15) is 5.82 Å². The second-order valence-corrected chi connectivity index (χ2v) is 5.44. The monoisotopic (exact) mass is 270 g/mol. The van der Waals surface area contributed by atoms with Crippen molar-refractivity contribution >= 4 is 5.69 Å². The lowest BCUT2D eigenvalue weighted by Gasteiger charge is -2.34. The number of benzene rings is 2. The summed E-state index contributed by atoms with van der Waals surface area (Å²) in [5, 5.41) is 0. The summed E-state index contributed by atoms with van der Waals surface area (Å²) in [5.41, 5.74) is 10.5. The molecule has 0 radical (unpaired) electrons. The van der Waals surface area contributed by atoms with E-state index in [1.807, 2.05) is 18.2 Å². The van der Waals surface area contributed by atoms with Crippen LogP contribution in [-0.4, -0.2) is 11.4 Å². The molecule has 0 amide bonds. The van der Waals surface area contributed by atoms with Crippen LogP contribution in [0.5, 0.6) is 0 Å². The van der Waals surface area contributed by atoms with Crippen molar-refractivity contribution in [2.24, 2.45) is 0 Å². The van der Waals surface area contributed by atoms with Crippen LogP contribution in [0, 0.1) is 5.82 Å². The zero-order valence-corrected chi connectivity index (χ0v) is 11.6. The smallest absolute Gasteiger partial charge is 0.123 e. The minimum Gasteiger partial charge on any atom is -0.398 e. The Kier molecular flexibility index (Phi) is 3.45. The predicted molar refractivity (Wildman–Crippen MR) is 79.8 cm³/mol. The Bertz CT molecular complexity index is 624. The van der Waals surface area contributed by atoms with Crippen LogP contribution in [0.15, 0.2) is 42.5 Å². The van der Waals surface area contributed by atoms with Crippen LogP contribution >= 0.6 is 0 Å². The normalized spacial score (nSPS) is 16.7. The van der Waals surface area contributed by atoms with Gasteiger partial charge in [-0.2, -0.15) is 0 Å². The Morgan fingerprint density at radius 1 is 1.20 bits per heavy atom. The molecule has 1 aliphatic heterocycles. The molecule has 2 aromatic rings. The molecule has 3 rings (SSSR count). The zero-order valence-electron chi connectivity index (χ0n) is 11.6. The first-order valence-corrected chi connectivity index (χ1v) is 7.01. The number of nitrogens with two attached hydrogens (primary N) is 1. The van der Waals surface area contributed by atoms with Gasteiger partial charge < -0.3 is 5.73 Å². The summed E-state index contributed by atoms with van der Waals surface area (Å²) in [6, 6.07) is 13.2. The summed E-state index contributed by atoms with van der Waals surface area (Å²) in [7, 11) is 0. The molecule has 104 valence electrons. The van der Waals surface area contributed by atoms with E-state index in [0.29, 0.717) is 0 Å². The van der Waals surface area contributed by atoms with E-state index in [0.717, 1.165) is 30.8 Å². The maximum Gasteiger partial charge on any atom is 0.123 e. The highest BCUT2D eigenvalue weighted by Crippen LogP contribution is 2.30. The SMILES string of the molecule is CC(c1cccc(F)c1)N1CCc2c(N)cccc2C1. The molecular weight excluding hydrogens is 251 g/mol. The molecule has 3 heteroatoms. The van der Waals surface area contributed by atoms with Crippen molar-refractivity contribution in [3.63, 3.8) is 0 Å². The number of nitrogen functional groups attached to an aromatic ring is 1. The topological polar surface area (TPSA) is 29.3 Å². The van der Waals surface area contributed by atoms with E-state index in [9.17, 15) is 4.39 Å². The average Bonchev–Trinajstić information content (AvgIpc) is 2.46. The van der Waals surface area contributed by atoms with Gasteiger partial charge in [-0.05, 0) is 48.2 Å². The highest BCUT2D eigenvalue weighted by molar-refractivity contribution is 5.51. The fourth-order valence-corrected chi connectivity index (χ4v) is 2.97. The van der Waals surface area contributed by atoms with Gasteiger partial charge in [0, 0.05) is 24.8 Å². The molecule has 0 fully saturated rings. The first-order valence-electron chi connectivity index (χ1n) is 7.01. The predicted octanol–water partition coefficient (Wildman–Crippen LogP) is 3.53. The van der Waals surface area contributed by atoms with Crippen LogP contribution in [0.25, 0.3) is 0 Å². The number of rotatable bonds is 2. The van der Waals surface area contributed by atoms with Crippen molar-refractivity contribution in [3.8, 4) is 0 Å². The van der Waals surface area contributed by atoms with E-state index in [1.54, 1.807) is 12.1 Å². The van der Waals surface area contributed by atoms with Gasteiger partial charge in [-0.3, -0.25) is 4.90 Å². The molecule has 0 spiro atoms. The Hall–Kier alpha value is -1.87. The summed E-state index contributed by atoms with van der Waals surface area (Å²) in [5.74, 6) is -0.170. The minimum atomic E-state index is -0.170. The molecule has 0 aromatic heterocycles. The average molecular weight is 270 g/mol. The van der Waals surface area contributed by atoms with Crippen LogP contribution in [0.1, 0.15) is 29.7 Å². The van der Waals surface area contributed by atoms with Crippen LogP contribution in [0.2, 0.25) is 0 Å². The zero-order chi connectivity index (χ0) is 14.1. The van der Waals surface area contributed by atoms with Crippen molar-refractivity contribution in [1.29, 1.82) is 0 Å². The molecule has 20 heavy (non-hydrogen) atoms. The number of halogens is 1. The van der Waals surface area contributed by atoms with Gasteiger partial charge in [-0.25, -0.2) is 4.39 Å². The standard InChI is InChI=1S/C17H19FN2/c1-12(13-4-2-6-15(18)10-13)20-9-8-16-14(11-20)5-3-7-17(16)19/h2-7,10,12H,8-9,11,19H2,1H3. The van der Waals surface area contributed by atoms with E-state index < -0.39 is 0 Å². The van der Waals surface area contributed by atoms with E-state index in [4.69, 9.17) is 5.73 Å². The maximum absolute atomic E-state index is 13.4. The molecule has 1 unspecified atom stereocenters. The highest BCUT2D eigenvalue weighted by atomic mass is 19.1. The summed E-state index contributed by atoms with van der Waals surface area (Å²) >= 11 is 0. The van der Waals surface area contributed by atoms with Gasteiger partial charge in [0.2, 0.25) is 0 Å². The van der Waals surface area contributed by atoms with E-state index in [1.165, 1.54) is 17.2 Å². The first kappa shape index (κ1) is 13.1. The molecule has 0 aliphatic carbocycles. The largest absolute Gasteiger partial charge is 0.398 e. The minimum absolute atomic E-state index is 0.170. The number of nitrogens with zero attached hydrogens (tertiary/aromatic N) is 1. The Labute approximate surface area is 119 Å². The Morgan fingerprint density at radius 2 is 2.00 bits per heavy atom. The van der Waals surface area contributed by atoms with Gasteiger partial charge in [0.25, 0.3) is 0 Å². The van der Waals surface area contributed by atoms with Crippen molar-refractivity contribution in [3.05, 3.63) is 65.0 Å². The molecule has 0 saturated heterocycles. The molecule has 0 saturated carbocycles. The van der Waals surface area contributed by atoms with Gasteiger partial charge in [0.05, 0.1) is 0 Å². The third kappa shape index (κ3) is 2.41. The summed E-state index contributed by atoms with van der Waals surface area (Å²) in [6.45, 7) is 3.96. The molecule has 0 bridgehead atoms. The van der Waals surface area contributed by atoms with Gasteiger partial charge >= 0.3 is 0 Å². The van der Waals surface area contributed by atoms with E-state index >= 15 is 0 Å². The second-order valence-electron chi connectivity index (χ2n) is 5.44. The maximum atomic E-state index is 13.4. The molecular formula is C17H19FN2. The summed E-state index contributed by atoms with van der Waals surface area (Å²) < 4.78 is 13.4. The third-order valence-electron chi connectivity index (χ3n) is 4.21. The van der Waals surface area contributed by atoms with Crippen LogP contribution in [0.4, 0.5) is 10.1 Å². The lowest BCUT2D eigenvalue weighted by molar-refractivity contribution is 0.192. The van der Waals surface area contributed by atoms with Crippen molar-refractivity contribution in [2.45, 2.75) is 25.9 Å². The highest BCUT2D eigenvalue weighted by Gasteiger charge is 2.22. The lowest BCUT2D eigenvalue weighted by Crippen LogP contribution is -2.33. The molecule has 2 aromatic carbocycles. The van der Waals surface area contributed by atoms with Gasteiger partial charge in [-0.15, -0.1) is 0 Å². The van der Waals surface area contributed by atoms with Crippen LogP contribution in [-0.2, 0) is 13.0 Å². The molecule has 1 aliphatic rings. The fourth-order valence-electron chi connectivity index (χ4n) is 2.97. The molecule has 1 heterocycles. The third-order valence-corrected chi connectivity index (χ3v) is 4.21. The summed E-state index contributed by atoms with van der Waals surface area (Å²) in [6.07, 6.45) is 0.960. The van der Waals surface area contributed by atoms with Gasteiger partial charge in [0.15, 0.2) is 0 Å². The van der Waals surface area contributed by atoms with Crippen molar-refractivity contribution < 1.29 is 4.39 Å². The number of anilines is 1. The summed E-state index contributed by atoms with van der Waals surface area (Å²) in [4.78, 5) is 2.37. The molecule has 2 N–H and O–H groups in total. The van der Waals surface area contributed by atoms with E-state index in [-0.39, 0.29) is 11.9 Å². The van der Waals surface area contributed by atoms with Crippen molar-refractivity contribution in [1.82, 2.24) is 4.90 Å². The van der Waals surface area contributed by atoms with Crippen LogP contribution < -0.4 is 5.73 Å². The van der Waals surface area contributed by atoms with Crippen molar-refractivity contribution in [2.75, 3.05) is 12.3 Å². The molecule has 1 atom stereocenters.